The average molecular weight is 353 g/mol. The van der Waals surface area contributed by atoms with Gasteiger partial charge in [0.05, 0.1) is 0 Å². The van der Waals surface area contributed by atoms with Gasteiger partial charge in [0.2, 0.25) is 5.91 Å². The van der Waals surface area contributed by atoms with E-state index in [-0.39, 0.29) is 30.0 Å². The van der Waals surface area contributed by atoms with Crippen LogP contribution in [0.25, 0.3) is 0 Å². The van der Waals surface area contributed by atoms with Gasteiger partial charge in [-0.05, 0) is 43.6 Å². The minimum absolute atomic E-state index is 0. The summed E-state index contributed by atoms with van der Waals surface area (Å²) in [5, 5.41) is 3.21. The zero-order valence-electron chi connectivity index (χ0n) is 12.7. The summed E-state index contributed by atoms with van der Waals surface area (Å²) in [5.74, 6) is -0.153. The molecule has 1 saturated heterocycles. The zero-order valence-corrected chi connectivity index (χ0v) is 13.5. The number of nitrogens with one attached hydrogen (secondary N) is 1. The Kier molecular flexibility index (Phi) is 7.15. The highest BCUT2D eigenvalue weighted by molar-refractivity contribution is 5.85. The van der Waals surface area contributed by atoms with Crippen LogP contribution in [-0.4, -0.2) is 37.3 Å². The summed E-state index contributed by atoms with van der Waals surface area (Å²) in [6.45, 7) is 2.05. The third-order valence-corrected chi connectivity index (χ3v) is 3.64. The van der Waals surface area contributed by atoms with Crippen molar-refractivity contribution in [1.82, 2.24) is 10.2 Å². The van der Waals surface area contributed by atoms with Crippen molar-refractivity contribution in [2.45, 2.75) is 25.7 Å². The molecule has 1 N–H and O–H groups in total. The van der Waals surface area contributed by atoms with Gasteiger partial charge in [-0.3, -0.25) is 4.79 Å². The van der Waals surface area contributed by atoms with E-state index >= 15 is 0 Å². The summed E-state index contributed by atoms with van der Waals surface area (Å²) in [7, 11) is 1.71. The number of carbonyl (C=O) groups is 1. The number of nitrogens with zero attached hydrogens (tertiary/aromatic N) is 1. The van der Waals surface area contributed by atoms with Gasteiger partial charge in [0.15, 0.2) is 0 Å². The molecule has 130 valence electrons. The highest BCUT2D eigenvalue weighted by Crippen LogP contribution is 2.23. The molecule has 1 aromatic carbocycles. The number of ether oxygens (including phenoxy) is 1. The molecule has 23 heavy (non-hydrogen) atoms. The fourth-order valence-corrected chi connectivity index (χ4v) is 2.53. The number of benzene rings is 1. The van der Waals surface area contributed by atoms with Crippen LogP contribution in [0.5, 0.6) is 5.75 Å². The Balaban J connectivity index is 0.00000264. The van der Waals surface area contributed by atoms with E-state index in [1.807, 2.05) is 0 Å². The lowest BCUT2D eigenvalue weighted by molar-refractivity contribution is -0.274. The molecule has 0 radical (unpaired) electrons. The molecule has 8 heteroatoms. The molecule has 1 heterocycles. The predicted molar refractivity (Wildman–Crippen MR) is 82.4 cm³/mol. The maximum atomic E-state index is 12.3. The van der Waals surface area contributed by atoms with E-state index in [9.17, 15) is 18.0 Å². The lowest BCUT2D eigenvalue weighted by atomic mass is 9.96. The number of rotatable bonds is 4. The highest BCUT2D eigenvalue weighted by Gasteiger charge is 2.31. The fourth-order valence-electron chi connectivity index (χ4n) is 2.53. The summed E-state index contributed by atoms with van der Waals surface area (Å²) in [4.78, 5) is 13.9. The molecule has 1 aromatic rings. The van der Waals surface area contributed by atoms with E-state index in [1.165, 1.54) is 24.3 Å². The van der Waals surface area contributed by atoms with Gasteiger partial charge in [-0.25, -0.2) is 0 Å². The van der Waals surface area contributed by atoms with Crippen LogP contribution < -0.4 is 10.1 Å². The first kappa shape index (κ1) is 19.6. The molecule has 0 aromatic heterocycles. The largest absolute Gasteiger partial charge is 0.573 e. The fraction of sp³-hybridized carbons (Fsp3) is 0.533. The maximum absolute atomic E-state index is 12.3. The molecule has 1 amide bonds. The van der Waals surface area contributed by atoms with Crippen LogP contribution in [0.2, 0.25) is 0 Å². The van der Waals surface area contributed by atoms with Crippen molar-refractivity contribution >= 4 is 18.3 Å². The van der Waals surface area contributed by atoms with E-state index in [2.05, 4.69) is 10.1 Å². The van der Waals surface area contributed by atoms with Crippen LogP contribution in [0, 0.1) is 5.92 Å². The normalized spacial score (nSPS) is 15.7. The van der Waals surface area contributed by atoms with Crippen LogP contribution in [0.15, 0.2) is 24.3 Å². The second kappa shape index (κ2) is 8.40. The highest BCUT2D eigenvalue weighted by atomic mass is 35.5. The Labute approximate surface area is 139 Å². The summed E-state index contributed by atoms with van der Waals surface area (Å²) in [6, 6.07) is 5.58. The molecule has 4 nitrogen and oxygen atoms in total. The SMILES string of the molecule is CN(Cc1ccc(OC(F)(F)F)cc1)C(=O)C1CCNCC1.Cl. The second-order valence-electron chi connectivity index (χ2n) is 5.41. The molecule has 0 atom stereocenters. The molecule has 2 rings (SSSR count). The smallest absolute Gasteiger partial charge is 0.406 e. The second-order valence-corrected chi connectivity index (χ2v) is 5.41. The molecule has 1 aliphatic rings. The first-order valence-electron chi connectivity index (χ1n) is 7.15. The van der Waals surface area contributed by atoms with Gasteiger partial charge in [-0.2, -0.15) is 0 Å². The summed E-state index contributed by atoms with van der Waals surface area (Å²) in [6.07, 6.45) is -3.05. The summed E-state index contributed by atoms with van der Waals surface area (Å²) < 4.78 is 40.1. The lowest BCUT2D eigenvalue weighted by Gasteiger charge is -2.27. The average Bonchev–Trinajstić information content (AvgIpc) is 2.48. The van der Waals surface area contributed by atoms with Crippen molar-refractivity contribution < 1.29 is 22.7 Å². The number of carbonyl (C=O) groups excluding carboxylic acids is 1. The monoisotopic (exact) mass is 352 g/mol. The van der Waals surface area contributed by atoms with E-state index in [1.54, 1.807) is 11.9 Å². The van der Waals surface area contributed by atoms with Gasteiger partial charge in [0, 0.05) is 19.5 Å². The van der Waals surface area contributed by atoms with Crippen molar-refractivity contribution in [3.63, 3.8) is 0 Å². The number of hydrogen-bond donors (Lipinski definition) is 1. The molecule has 1 aliphatic heterocycles. The molecule has 0 spiro atoms. The van der Waals surface area contributed by atoms with E-state index in [0.717, 1.165) is 31.5 Å². The minimum atomic E-state index is -4.69. The Morgan fingerprint density at radius 3 is 2.35 bits per heavy atom. The lowest BCUT2D eigenvalue weighted by Crippen LogP contribution is -2.38. The standard InChI is InChI=1S/C15H19F3N2O2.ClH/c1-20(14(21)12-6-8-19-9-7-12)10-11-2-4-13(5-3-11)22-15(16,17)18;/h2-5,12,19H,6-10H2,1H3;1H. The molecule has 0 aliphatic carbocycles. The quantitative estimate of drug-likeness (QED) is 0.905. The van der Waals surface area contributed by atoms with Crippen LogP contribution in [-0.2, 0) is 11.3 Å². The molecule has 0 unspecified atom stereocenters. The van der Waals surface area contributed by atoms with Gasteiger partial charge >= 0.3 is 6.36 Å². The number of amides is 1. The third-order valence-electron chi connectivity index (χ3n) is 3.64. The Morgan fingerprint density at radius 1 is 1.26 bits per heavy atom. The van der Waals surface area contributed by atoms with Gasteiger partial charge in [0.1, 0.15) is 5.75 Å². The minimum Gasteiger partial charge on any atom is -0.406 e. The topological polar surface area (TPSA) is 41.6 Å². The van der Waals surface area contributed by atoms with Crippen LogP contribution in [0.4, 0.5) is 13.2 Å². The Hall–Kier alpha value is -1.47. The zero-order chi connectivity index (χ0) is 16.2. The molecular formula is C15H20ClF3N2O2. The Morgan fingerprint density at radius 2 is 1.83 bits per heavy atom. The number of alkyl halides is 3. The van der Waals surface area contributed by atoms with Crippen molar-refractivity contribution in [3.05, 3.63) is 29.8 Å². The van der Waals surface area contributed by atoms with Gasteiger partial charge in [0.25, 0.3) is 0 Å². The van der Waals surface area contributed by atoms with Gasteiger partial charge in [-0.1, -0.05) is 12.1 Å². The van der Waals surface area contributed by atoms with Crippen molar-refractivity contribution in [1.29, 1.82) is 0 Å². The van der Waals surface area contributed by atoms with E-state index < -0.39 is 6.36 Å². The Bertz CT molecular complexity index is 502. The van der Waals surface area contributed by atoms with Crippen molar-refractivity contribution in [2.24, 2.45) is 5.92 Å². The number of halogens is 4. The van der Waals surface area contributed by atoms with Crippen molar-refractivity contribution in [3.8, 4) is 5.75 Å². The number of hydrogen-bond acceptors (Lipinski definition) is 3. The van der Waals surface area contributed by atoms with Gasteiger partial charge in [-0.15, -0.1) is 25.6 Å². The first-order chi connectivity index (χ1) is 10.3. The van der Waals surface area contributed by atoms with E-state index in [0.29, 0.717) is 6.54 Å². The van der Waals surface area contributed by atoms with Crippen molar-refractivity contribution in [2.75, 3.05) is 20.1 Å². The summed E-state index contributed by atoms with van der Waals surface area (Å²) in [5.41, 5.74) is 0.763. The predicted octanol–water partition coefficient (Wildman–Crippen LogP) is 2.97. The molecule has 0 bridgehead atoms. The van der Waals surface area contributed by atoms with Crippen LogP contribution >= 0.6 is 12.4 Å². The van der Waals surface area contributed by atoms with Crippen LogP contribution in [0.3, 0.4) is 0 Å². The summed E-state index contributed by atoms with van der Waals surface area (Å²) >= 11 is 0. The molecule has 0 saturated carbocycles. The van der Waals surface area contributed by atoms with Gasteiger partial charge < -0.3 is 15.0 Å². The third kappa shape index (κ3) is 6.27. The number of piperidine rings is 1. The maximum Gasteiger partial charge on any atom is 0.573 e. The molecular weight excluding hydrogens is 333 g/mol. The van der Waals surface area contributed by atoms with Crippen LogP contribution in [0.1, 0.15) is 18.4 Å². The van der Waals surface area contributed by atoms with E-state index in [4.69, 9.17) is 0 Å². The first-order valence-corrected chi connectivity index (χ1v) is 7.15. The molecule has 1 fully saturated rings.